The summed E-state index contributed by atoms with van der Waals surface area (Å²) in [5, 5.41) is 0. The van der Waals surface area contributed by atoms with E-state index in [1.807, 2.05) is 0 Å². The molecule has 0 radical (unpaired) electrons. The number of hydrogen-bond acceptors (Lipinski definition) is 1. The molecule has 0 unspecified atom stereocenters. The molecule has 0 saturated heterocycles. The number of rotatable bonds is 12. The van der Waals surface area contributed by atoms with Gasteiger partial charge in [-0.25, -0.2) is 0 Å². The normalized spacial score (nSPS) is 16.2. The monoisotopic (exact) mass is 809 g/mol. The van der Waals surface area contributed by atoms with Gasteiger partial charge in [-0.2, -0.15) is 0 Å². The van der Waals surface area contributed by atoms with E-state index in [-0.39, 0.29) is 5.41 Å². The summed E-state index contributed by atoms with van der Waals surface area (Å²) in [6.07, 6.45) is 18.2. The lowest BCUT2D eigenvalue weighted by molar-refractivity contribution is 0.435. The molecule has 3 aliphatic carbocycles. The maximum atomic E-state index is 2.62. The predicted molar refractivity (Wildman–Crippen MR) is 265 cm³/mol. The minimum atomic E-state index is 0.0156. The van der Waals surface area contributed by atoms with Crippen molar-refractivity contribution in [1.82, 2.24) is 0 Å². The summed E-state index contributed by atoms with van der Waals surface area (Å²) in [7, 11) is 0. The molecule has 1 nitrogen and oxygen atoms in total. The second kappa shape index (κ2) is 18.0. The molecule has 2 fully saturated rings. The lowest BCUT2D eigenvalue weighted by Crippen LogP contribution is -2.25. The first-order valence-electron chi connectivity index (χ1n) is 24.2. The van der Waals surface area contributed by atoms with Crippen molar-refractivity contribution in [2.45, 2.75) is 121 Å². The van der Waals surface area contributed by atoms with Crippen molar-refractivity contribution in [3.05, 3.63) is 186 Å². The predicted octanol–water partition coefficient (Wildman–Crippen LogP) is 18.1. The molecule has 0 aliphatic heterocycles. The van der Waals surface area contributed by atoms with Crippen LogP contribution < -0.4 is 4.90 Å². The van der Waals surface area contributed by atoms with Crippen molar-refractivity contribution >= 4 is 17.1 Å². The molecule has 0 bridgehead atoms. The SMILES string of the molecule is CCCC1(CCC)c2ccccc2-c2ccc(N(c3ccc(-c4ccccc4)cc3)c3cccc(-c4cccc(-c5cc(C6CCCCC6)cc(C6CCCCC6)c5)c4)c3)cc21. The van der Waals surface area contributed by atoms with E-state index >= 15 is 0 Å². The molecule has 62 heavy (non-hydrogen) atoms. The van der Waals surface area contributed by atoms with Gasteiger partial charge in [0.05, 0.1) is 0 Å². The third-order valence-electron chi connectivity index (χ3n) is 14.9. The molecule has 0 N–H and O–H groups in total. The molecule has 0 amide bonds. The smallest absolute Gasteiger partial charge is 0.0467 e. The summed E-state index contributed by atoms with van der Waals surface area (Å²) in [6.45, 7) is 4.71. The zero-order chi connectivity index (χ0) is 41.9. The van der Waals surface area contributed by atoms with Gasteiger partial charge in [-0.1, -0.05) is 187 Å². The van der Waals surface area contributed by atoms with E-state index in [1.165, 1.54) is 131 Å². The van der Waals surface area contributed by atoms with E-state index < -0.39 is 0 Å². The zero-order valence-corrected chi connectivity index (χ0v) is 37.1. The minimum Gasteiger partial charge on any atom is -0.310 e. The Morgan fingerprint density at radius 2 is 0.903 bits per heavy atom. The zero-order valence-electron chi connectivity index (χ0n) is 37.1. The molecule has 0 atom stereocenters. The Balaban J connectivity index is 1.07. The van der Waals surface area contributed by atoms with E-state index in [4.69, 9.17) is 0 Å². The molecular weight excluding hydrogens is 747 g/mol. The highest BCUT2D eigenvalue weighted by atomic mass is 15.1. The van der Waals surface area contributed by atoms with Crippen LogP contribution in [0.2, 0.25) is 0 Å². The first-order valence-corrected chi connectivity index (χ1v) is 24.2. The van der Waals surface area contributed by atoms with Gasteiger partial charge in [-0.15, -0.1) is 0 Å². The molecule has 3 aliphatic rings. The number of fused-ring (bicyclic) bond motifs is 3. The fourth-order valence-electron chi connectivity index (χ4n) is 11.9. The van der Waals surface area contributed by atoms with Crippen LogP contribution in [0.4, 0.5) is 17.1 Å². The topological polar surface area (TPSA) is 3.24 Å². The number of hydrogen-bond donors (Lipinski definition) is 0. The Kier molecular flexibility index (Phi) is 11.7. The van der Waals surface area contributed by atoms with Gasteiger partial charge in [-0.3, -0.25) is 0 Å². The van der Waals surface area contributed by atoms with Crippen molar-refractivity contribution in [1.29, 1.82) is 0 Å². The summed E-state index contributed by atoms with van der Waals surface area (Å²) < 4.78 is 0. The first kappa shape index (κ1) is 40.4. The molecule has 312 valence electrons. The van der Waals surface area contributed by atoms with Crippen molar-refractivity contribution < 1.29 is 0 Å². The Morgan fingerprint density at radius 3 is 1.56 bits per heavy atom. The van der Waals surface area contributed by atoms with Crippen LogP contribution in [0.5, 0.6) is 0 Å². The quantitative estimate of drug-likeness (QED) is 0.119. The van der Waals surface area contributed by atoms with Crippen LogP contribution in [-0.4, -0.2) is 0 Å². The van der Waals surface area contributed by atoms with Crippen LogP contribution in [0.15, 0.2) is 164 Å². The summed E-state index contributed by atoms with van der Waals surface area (Å²) in [6, 6.07) is 62.9. The van der Waals surface area contributed by atoms with Crippen LogP contribution in [0.3, 0.4) is 0 Å². The highest BCUT2D eigenvalue weighted by Crippen LogP contribution is 2.55. The molecule has 7 aromatic carbocycles. The van der Waals surface area contributed by atoms with E-state index in [2.05, 4.69) is 183 Å². The Labute approximate surface area is 371 Å². The lowest BCUT2D eigenvalue weighted by atomic mass is 9.71. The van der Waals surface area contributed by atoms with E-state index in [0.29, 0.717) is 11.8 Å². The Bertz CT molecular complexity index is 2580. The number of benzene rings is 7. The fraction of sp³-hybridized carbons (Fsp3) is 0.311. The third-order valence-corrected chi connectivity index (χ3v) is 14.9. The highest BCUT2D eigenvalue weighted by Gasteiger charge is 2.42. The molecule has 0 heterocycles. The van der Waals surface area contributed by atoms with E-state index in [0.717, 1.165) is 31.4 Å². The van der Waals surface area contributed by atoms with Crippen LogP contribution >= 0.6 is 0 Å². The van der Waals surface area contributed by atoms with Gasteiger partial charge in [0.25, 0.3) is 0 Å². The van der Waals surface area contributed by atoms with Crippen molar-refractivity contribution in [2.75, 3.05) is 4.90 Å². The van der Waals surface area contributed by atoms with Crippen molar-refractivity contribution in [3.8, 4) is 44.5 Å². The molecule has 2 saturated carbocycles. The summed E-state index contributed by atoms with van der Waals surface area (Å²) in [4.78, 5) is 2.50. The van der Waals surface area contributed by atoms with Gasteiger partial charge >= 0.3 is 0 Å². The molecule has 7 aromatic rings. The van der Waals surface area contributed by atoms with Gasteiger partial charge in [0.15, 0.2) is 0 Å². The fourth-order valence-corrected chi connectivity index (χ4v) is 11.9. The van der Waals surface area contributed by atoms with Gasteiger partial charge < -0.3 is 4.90 Å². The van der Waals surface area contributed by atoms with Crippen LogP contribution in [0, 0.1) is 0 Å². The van der Waals surface area contributed by atoms with Crippen molar-refractivity contribution in [3.63, 3.8) is 0 Å². The van der Waals surface area contributed by atoms with Gasteiger partial charge in [0.1, 0.15) is 0 Å². The highest BCUT2D eigenvalue weighted by molar-refractivity contribution is 5.87. The Morgan fingerprint density at radius 1 is 0.387 bits per heavy atom. The minimum absolute atomic E-state index is 0.0156. The standard InChI is InChI=1S/C61H63N/c1-3-36-61(37-4-2)59-29-15-14-28-57(59)58-35-34-56(43-60(58)61)62(54-32-30-47(31-33-54)44-18-8-5-9-19-44)55-27-17-26-50(42-55)48-24-16-25-49(38-48)53-40-51(45-20-10-6-11-21-45)39-52(41-53)46-22-12-7-13-23-46/h5,8-9,14-19,24-35,38-43,45-46H,3-4,6-7,10-13,20-23,36-37H2,1-2H3. The second-order valence-electron chi connectivity index (χ2n) is 18.8. The van der Waals surface area contributed by atoms with Crippen LogP contribution in [0.25, 0.3) is 44.5 Å². The van der Waals surface area contributed by atoms with Crippen LogP contribution in [-0.2, 0) is 5.41 Å². The average Bonchev–Trinajstić information content (AvgIpc) is 3.61. The lowest BCUT2D eigenvalue weighted by Gasteiger charge is -2.33. The largest absolute Gasteiger partial charge is 0.310 e. The maximum Gasteiger partial charge on any atom is 0.0467 e. The first-order chi connectivity index (χ1) is 30.6. The molecule has 0 spiro atoms. The molecule has 10 rings (SSSR count). The van der Waals surface area contributed by atoms with E-state index in [9.17, 15) is 0 Å². The van der Waals surface area contributed by atoms with Crippen molar-refractivity contribution in [2.24, 2.45) is 0 Å². The number of nitrogens with zero attached hydrogens (tertiary/aromatic N) is 1. The average molecular weight is 810 g/mol. The number of anilines is 3. The van der Waals surface area contributed by atoms with Gasteiger partial charge in [-0.05, 0) is 160 Å². The van der Waals surface area contributed by atoms with Crippen LogP contribution in [0.1, 0.15) is 138 Å². The summed E-state index contributed by atoms with van der Waals surface area (Å²) >= 11 is 0. The second-order valence-corrected chi connectivity index (χ2v) is 18.8. The van der Waals surface area contributed by atoms with Gasteiger partial charge in [0.2, 0.25) is 0 Å². The summed E-state index contributed by atoms with van der Waals surface area (Å²) in [5.41, 5.74) is 20.2. The van der Waals surface area contributed by atoms with Gasteiger partial charge in [0, 0.05) is 22.5 Å². The van der Waals surface area contributed by atoms with E-state index in [1.54, 1.807) is 11.1 Å². The molecular formula is C61H63N. The molecule has 1 heteroatoms. The molecule has 0 aromatic heterocycles. The third kappa shape index (κ3) is 7.85. The summed E-state index contributed by atoms with van der Waals surface area (Å²) in [5.74, 6) is 1.39. The Hall–Kier alpha value is -5.66. The maximum absolute atomic E-state index is 2.62.